The average molecular weight is 251 g/mol. The van der Waals surface area contributed by atoms with Gasteiger partial charge in [0, 0.05) is 6.54 Å². The summed E-state index contributed by atoms with van der Waals surface area (Å²) < 4.78 is 0. The van der Waals surface area contributed by atoms with Crippen molar-refractivity contribution in [1.82, 2.24) is 5.32 Å². The van der Waals surface area contributed by atoms with Crippen LogP contribution in [0, 0.1) is 5.41 Å². The summed E-state index contributed by atoms with van der Waals surface area (Å²) in [6, 6.07) is 19.7. The molecule has 1 heteroatoms. The Bertz CT molecular complexity index is 523. The fourth-order valence-corrected chi connectivity index (χ4v) is 2.85. The molecule has 0 heterocycles. The maximum Gasteiger partial charge on any atom is 0.000800 e. The number of benzene rings is 2. The van der Waals surface area contributed by atoms with Gasteiger partial charge < -0.3 is 5.32 Å². The zero-order valence-electron chi connectivity index (χ0n) is 11.5. The molecule has 98 valence electrons. The second-order valence-corrected chi connectivity index (χ2v) is 5.77. The monoisotopic (exact) mass is 251 g/mol. The Morgan fingerprint density at radius 3 is 2.11 bits per heavy atom. The summed E-state index contributed by atoms with van der Waals surface area (Å²) in [5.41, 5.74) is 4.61. The Hall–Kier alpha value is -1.60. The van der Waals surface area contributed by atoms with Crippen LogP contribution in [0.5, 0.6) is 0 Å². The fraction of sp³-hybridized carbons (Fsp3) is 0.333. The fourth-order valence-electron chi connectivity index (χ4n) is 2.85. The van der Waals surface area contributed by atoms with Crippen LogP contribution in [0.4, 0.5) is 0 Å². The molecule has 1 nitrogen and oxygen atoms in total. The standard InChI is InChI=1S/C18H21N/c1-19-14-18(11-12-18)13-15-7-9-17(10-8-15)16-5-3-2-4-6-16/h2-10,19H,11-14H2,1H3. The Labute approximate surface area is 115 Å². The number of hydrogen-bond acceptors (Lipinski definition) is 1. The van der Waals surface area contributed by atoms with Crippen molar-refractivity contribution in [2.75, 3.05) is 13.6 Å². The third-order valence-electron chi connectivity index (χ3n) is 4.15. The van der Waals surface area contributed by atoms with Crippen LogP contribution in [0.3, 0.4) is 0 Å². The van der Waals surface area contributed by atoms with Crippen molar-refractivity contribution in [3.8, 4) is 11.1 Å². The third kappa shape index (κ3) is 2.87. The van der Waals surface area contributed by atoms with Gasteiger partial charge in [0.2, 0.25) is 0 Å². The number of nitrogens with one attached hydrogen (secondary N) is 1. The molecule has 0 bridgehead atoms. The predicted octanol–water partition coefficient (Wildman–Crippen LogP) is 3.90. The maximum atomic E-state index is 3.33. The molecule has 1 aliphatic carbocycles. The van der Waals surface area contributed by atoms with Crippen LogP contribution in [-0.2, 0) is 6.42 Å². The van der Waals surface area contributed by atoms with Crippen molar-refractivity contribution in [2.24, 2.45) is 5.41 Å². The van der Waals surface area contributed by atoms with Crippen LogP contribution in [0.2, 0.25) is 0 Å². The van der Waals surface area contributed by atoms with E-state index in [-0.39, 0.29) is 0 Å². The SMILES string of the molecule is CNCC1(Cc2ccc(-c3ccccc3)cc2)CC1. The Morgan fingerprint density at radius 2 is 1.53 bits per heavy atom. The van der Waals surface area contributed by atoms with Gasteiger partial charge in [0.25, 0.3) is 0 Å². The first-order valence-corrected chi connectivity index (χ1v) is 7.10. The molecule has 0 aliphatic heterocycles. The van der Waals surface area contributed by atoms with Crippen LogP contribution in [0.25, 0.3) is 11.1 Å². The molecule has 3 rings (SSSR count). The molecule has 0 amide bonds. The van der Waals surface area contributed by atoms with E-state index < -0.39 is 0 Å². The Kier molecular flexibility index (Phi) is 3.39. The Balaban J connectivity index is 1.73. The van der Waals surface area contributed by atoms with Crippen LogP contribution in [-0.4, -0.2) is 13.6 Å². The molecule has 1 saturated carbocycles. The van der Waals surface area contributed by atoms with Crippen LogP contribution in [0.1, 0.15) is 18.4 Å². The van der Waals surface area contributed by atoms with Gasteiger partial charge in [0.05, 0.1) is 0 Å². The highest BCUT2D eigenvalue weighted by atomic mass is 14.8. The summed E-state index contributed by atoms with van der Waals surface area (Å²) in [6.07, 6.45) is 3.95. The first-order chi connectivity index (χ1) is 9.31. The van der Waals surface area contributed by atoms with Crippen molar-refractivity contribution >= 4 is 0 Å². The topological polar surface area (TPSA) is 12.0 Å². The molecule has 0 unspecified atom stereocenters. The summed E-state index contributed by atoms with van der Waals surface area (Å²) in [5, 5.41) is 3.33. The summed E-state index contributed by atoms with van der Waals surface area (Å²) in [5.74, 6) is 0. The van der Waals surface area contributed by atoms with Crippen LogP contribution < -0.4 is 5.32 Å². The Morgan fingerprint density at radius 1 is 0.895 bits per heavy atom. The molecular weight excluding hydrogens is 230 g/mol. The molecule has 0 spiro atoms. The van der Waals surface area contributed by atoms with E-state index in [1.54, 1.807) is 0 Å². The van der Waals surface area contributed by atoms with E-state index in [0.717, 1.165) is 6.54 Å². The lowest BCUT2D eigenvalue weighted by Crippen LogP contribution is -2.21. The summed E-state index contributed by atoms with van der Waals surface area (Å²) in [6.45, 7) is 1.15. The molecule has 0 aromatic heterocycles. The zero-order chi connectivity index (χ0) is 13.1. The van der Waals surface area contributed by atoms with Crippen LogP contribution >= 0.6 is 0 Å². The first kappa shape index (κ1) is 12.4. The lowest BCUT2D eigenvalue weighted by Gasteiger charge is -2.14. The van der Waals surface area contributed by atoms with Gasteiger partial charge in [-0.3, -0.25) is 0 Å². The molecular formula is C18H21N. The molecule has 1 aliphatic rings. The van der Waals surface area contributed by atoms with E-state index in [0.29, 0.717) is 5.41 Å². The minimum atomic E-state index is 0.545. The van der Waals surface area contributed by atoms with E-state index in [2.05, 4.69) is 67.0 Å². The van der Waals surface area contributed by atoms with Crippen molar-refractivity contribution in [3.63, 3.8) is 0 Å². The third-order valence-corrected chi connectivity index (χ3v) is 4.15. The normalized spacial score (nSPS) is 16.3. The van der Waals surface area contributed by atoms with Gasteiger partial charge in [-0.05, 0) is 48.4 Å². The van der Waals surface area contributed by atoms with E-state index >= 15 is 0 Å². The molecule has 1 N–H and O–H groups in total. The number of rotatable bonds is 5. The molecule has 19 heavy (non-hydrogen) atoms. The second kappa shape index (κ2) is 5.18. The van der Waals surface area contributed by atoms with E-state index in [1.807, 2.05) is 0 Å². The van der Waals surface area contributed by atoms with Crippen molar-refractivity contribution < 1.29 is 0 Å². The highest BCUT2D eigenvalue weighted by molar-refractivity contribution is 5.63. The molecule has 2 aromatic rings. The molecule has 0 saturated heterocycles. The summed E-state index contributed by atoms with van der Waals surface area (Å²) in [7, 11) is 2.05. The number of hydrogen-bond donors (Lipinski definition) is 1. The maximum absolute atomic E-state index is 3.33. The van der Waals surface area contributed by atoms with E-state index in [9.17, 15) is 0 Å². The predicted molar refractivity (Wildman–Crippen MR) is 81.2 cm³/mol. The largest absolute Gasteiger partial charge is 0.319 e. The smallest absolute Gasteiger partial charge is 0.000800 e. The molecule has 0 radical (unpaired) electrons. The van der Waals surface area contributed by atoms with Gasteiger partial charge >= 0.3 is 0 Å². The molecule has 0 atom stereocenters. The lowest BCUT2D eigenvalue weighted by molar-refractivity contribution is 0.478. The second-order valence-electron chi connectivity index (χ2n) is 5.77. The van der Waals surface area contributed by atoms with Gasteiger partial charge in [-0.2, -0.15) is 0 Å². The first-order valence-electron chi connectivity index (χ1n) is 7.10. The highest BCUT2D eigenvalue weighted by Crippen LogP contribution is 2.47. The quantitative estimate of drug-likeness (QED) is 0.850. The zero-order valence-corrected chi connectivity index (χ0v) is 11.5. The lowest BCUT2D eigenvalue weighted by atomic mass is 9.95. The minimum absolute atomic E-state index is 0.545. The van der Waals surface area contributed by atoms with Gasteiger partial charge in [-0.25, -0.2) is 0 Å². The van der Waals surface area contributed by atoms with Crippen molar-refractivity contribution in [3.05, 3.63) is 60.2 Å². The van der Waals surface area contributed by atoms with Crippen molar-refractivity contribution in [2.45, 2.75) is 19.3 Å². The van der Waals surface area contributed by atoms with Gasteiger partial charge in [-0.15, -0.1) is 0 Å². The summed E-state index contributed by atoms with van der Waals surface area (Å²) in [4.78, 5) is 0. The highest BCUT2D eigenvalue weighted by Gasteiger charge is 2.41. The molecule has 2 aromatic carbocycles. The van der Waals surface area contributed by atoms with Gasteiger partial charge in [0.15, 0.2) is 0 Å². The van der Waals surface area contributed by atoms with Crippen molar-refractivity contribution in [1.29, 1.82) is 0 Å². The summed E-state index contributed by atoms with van der Waals surface area (Å²) >= 11 is 0. The average Bonchev–Trinajstić information content (AvgIpc) is 3.20. The van der Waals surface area contributed by atoms with Crippen LogP contribution in [0.15, 0.2) is 54.6 Å². The van der Waals surface area contributed by atoms with Gasteiger partial charge in [-0.1, -0.05) is 54.6 Å². The minimum Gasteiger partial charge on any atom is -0.319 e. The van der Waals surface area contributed by atoms with E-state index in [4.69, 9.17) is 0 Å². The van der Waals surface area contributed by atoms with Gasteiger partial charge in [0.1, 0.15) is 0 Å². The van der Waals surface area contributed by atoms with E-state index in [1.165, 1.54) is 36.0 Å². The molecule has 1 fully saturated rings.